The Hall–Kier alpha value is -0.770. The van der Waals surface area contributed by atoms with Crippen LogP contribution in [0.4, 0.5) is 4.79 Å². The summed E-state index contributed by atoms with van der Waals surface area (Å²) in [5.74, 6) is 0. The lowest BCUT2D eigenvalue weighted by Crippen LogP contribution is -2.45. The second-order valence-electron chi connectivity index (χ2n) is 6.93. The van der Waals surface area contributed by atoms with Gasteiger partial charge in [0.05, 0.1) is 0 Å². The average Bonchev–Trinajstić information content (AvgIpc) is 2.37. The molecule has 0 aromatic heterocycles. The van der Waals surface area contributed by atoms with E-state index in [1.54, 1.807) is 0 Å². The highest BCUT2D eigenvalue weighted by molar-refractivity contribution is 5.67. The normalized spacial score (nSPS) is 14.6. The Bertz CT molecular complexity index is 274. The number of hydrogen-bond acceptors (Lipinski definition) is 3. The number of rotatable bonds is 10. The van der Waals surface area contributed by atoms with E-state index < -0.39 is 5.60 Å². The van der Waals surface area contributed by atoms with Crippen LogP contribution in [0.3, 0.4) is 0 Å². The van der Waals surface area contributed by atoms with Gasteiger partial charge in [0.2, 0.25) is 0 Å². The van der Waals surface area contributed by atoms with Crippen molar-refractivity contribution in [2.24, 2.45) is 0 Å². The summed E-state index contributed by atoms with van der Waals surface area (Å²) in [5, 5.41) is 6.52. The second-order valence-corrected chi connectivity index (χ2v) is 6.93. The molecule has 0 saturated carbocycles. The molecule has 4 nitrogen and oxygen atoms in total. The molecule has 0 saturated heterocycles. The maximum atomic E-state index is 11.7. The van der Waals surface area contributed by atoms with E-state index in [0.717, 1.165) is 6.42 Å². The van der Waals surface area contributed by atoms with Gasteiger partial charge in [0, 0.05) is 18.6 Å². The third-order valence-corrected chi connectivity index (χ3v) is 3.31. The van der Waals surface area contributed by atoms with Crippen molar-refractivity contribution in [3.63, 3.8) is 0 Å². The number of amides is 1. The standard InChI is InChI=1S/C17H36N2O2/c1-7-9-11-14(3)19-15(12-10-8-2)13-18-16(20)21-17(4,5)6/h14-15,19H,7-13H2,1-6H3,(H,18,20). The van der Waals surface area contributed by atoms with Crippen molar-refractivity contribution in [3.05, 3.63) is 0 Å². The first kappa shape index (κ1) is 20.2. The number of alkyl carbamates (subject to hydrolysis) is 1. The summed E-state index contributed by atoms with van der Waals surface area (Å²) in [6, 6.07) is 0.816. The highest BCUT2D eigenvalue weighted by Crippen LogP contribution is 2.08. The maximum Gasteiger partial charge on any atom is 0.407 e. The van der Waals surface area contributed by atoms with Gasteiger partial charge < -0.3 is 15.4 Å². The predicted molar refractivity (Wildman–Crippen MR) is 89.7 cm³/mol. The molecule has 2 unspecified atom stereocenters. The smallest absolute Gasteiger partial charge is 0.407 e. The van der Waals surface area contributed by atoms with Gasteiger partial charge >= 0.3 is 6.09 Å². The zero-order chi connectivity index (χ0) is 16.3. The zero-order valence-corrected chi connectivity index (χ0v) is 14.9. The van der Waals surface area contributed by atoms with E-state index in [1.807, 2.05) is 20.8 Å². The van der Waals surface area contributed by atoms with Crippen LogP contribution in [0.2, 0.25) is 0 Å². The molecule has 0 radical (unpaired) electrons. The molecule has 0 rings (SSSR count). The molecule has 0 fully saturated rings. The topological polar surface area (TPSA) is 50.4 Å². The molecule has 0 aliphatic heterocycles. The Morgan fingerprint density at radius 2 is 1.67 bits per heavy atom. The van der Waals surface area contributed by atoms with Gasteiger partial charge in [-0.2, -0.15) is 0 Å². The number of carbonyl (C=O) groups excluding carboxylic acids is 1. The number of nitrogens with one attached hydrogen (secondary N) is 2. The van der Waals surface area contributed by atoms with Crippen molar-refractivity contribution in [1.29, 1.82) is 0 Å². The molecule has 0 aromatic rings. The predicted octanol–water partition coefficient (Wildman–Crippen LogP) is 4.24. The van der Waals surface area contributed by atoms with Crippen LogP contribution in [0.1, 0.15) is 80.1 Å². The molecule has 126 valence electrons. The lowest BCUT2D eigenvalue weighted by Gasteiger charge is -2.25. The first-order valence-corrected chi connectivity index (χ1v) is 8.51. The molecule has 4 heteroatoms. The molecule has 0 aliphatic rings. The van der Waals surface area contributed by atoms with Crippen molar-refractivity contribution in [2.45, 2.75) is 97.8 Å². The fourth-order valence-electron chi connectivity index (χ4n) is 2.21. The summed E-state index contributed by atoms with van der Waals surface area (Å²) in [5.41, 5.74) is -0.440. The van der Waals surface area contributed by atoms with Crippen molar-refractivity contribution in [1.82, 2.24) is 10.6 Å². The summed E-state index contributed by atoms with van der Waals surface area (Å²) in [6.07, 6.45) is 6.76. The van der Waals surface area contributed by atoms with E-state index in [-0.39, 0.29) is 6.09 Å². The zero-order valence-electron chi connectivity index (χ0n) is 14.9. The molecule has 0 aromatic carbocycles. The highest BCUT2D eigenvalue weighted by Gasteiger charge is 2.18. The summed E-state index contributed by atoms with van der Waals surface area (Å²) >= 11 is 0. The Morgan fingerprint density at radius 3 is 2.19 bits per heavy atom. The monoisotopic (exact) mass is 300 g/mol. The minimum atomic E-state index is -0.440. The van der Waals surface area contributed by atoms with Gasteiger partial charge in [-0.1, -0.05) is 39.5 Å². The SMILES string of the molecule is CCCCC(C)NC(CCCC)CNC(=O)OC(C)(C)C. The molecular formula is C17H36N2O2. The Kier molecular flexibility index (Phi) is 10.5. The van der Waals surface area contributed by atoms with Crippen LogP contribution in [0, 0.1) is 0 Å². The van der Waals surface area contributed by atoms with Crippen molar-refractivity contribution in [3.8, 4) is 0 Å². The average molecular weight is 300 g/mol. The van der Waals surface area contributed by atoms with Crippen LogP contribution in [0.15, 0.2) is 0 Å². The van der Waals surface area contributed by atoms with Gasteiger partial charge in [-0.15, -0.1) is 0 Å². The first-order valence-electron chi connectivity index (χ1n) is 8.51. The first-order chi connectivity index (χ1) is 9.78. The summed E-state index contributed by atoms with van der Waals surface area (Å²) in [6.45, 7) is 12.9. The summed E-state index contributed by atoms with van der Waals surface area (Å²) in [4.78, 5) is 11.7. The third kappa shape index (κ3) is 12.7. The molecule has 0 spiro atoms. The van der Waals surface area contributed by atoms with E-state index in [1.165, 1.54) is 32.1 Å². The van der Waals surface area contributed by atoms with E-state index in [0.29, 0.717) is 18.6 Å². The van der Waals surface area contributed by atoms with Gasteiger partial charge in [-0.05, 0) is 40.5 Å². The lowest BCUT2D eigenvalue weighted by molar-refractivity contribution is 0.0521. The van der Waals surface area contributed by atoms with Gasteiger partial charge in [-0.25, -0.2) is 4.79 Å². The second kappa shape index (κ2) is 10.9. The molecule has 0 heterocycles. The minimum absolute atomic E-state index is 0.323. The van der Waals surface area contributed by atoms with Crippen molar-refractivity contribution >= 4 is 6.09 Å². The van der Waals surface area contributed by atoms with E-state index in [9.17, 15) is 4.79 Å². The molecule has 21 heavy (non-hydrogen) atoms. The van der Waals surface area contributed by atoms with Crippen molar-refractivity contribution < 1.29 is 9.53 Å². The molecule has 0 aliphatic carbocycles. The number of hydrogen-bond donors (Lipinski definition) is 2. The number of carbonyl (C=O) groups is 1. The quantitative estimate of drug-likeness (QED) is 0.634. The van der Waals surface area contributed by atoms with E-state index in [2.05, 4.69) is 31.4 Å². The summed E-state index contributed by atoms with van der Waals surface area (Å²) in [7, 11) is 0. The van der Waals surface area contributed by atoms with E-state index in [4.69, 9.17) is 4.74 Å². The van der Waals surface area contributed by atoms with Crippen LogP contribution >= 0.6 is 0 Å². The molecule has 2 atom stereocenters. The van der Waals surface area contributed by atoms with Gasteiger partial charge in [-0.3, -0.25) is 0 Å². The van der Waals surface area contributed by atoms with Gasteiger partial charge in [0.1, 0.15) is 5.60 Å². The van der Waals surface area contributed by atoms with Crippen LogP contribution in [0.5, 0.6) is 0 Å². The van der Waals surface area contributed by atoms with E-state index >= 15 is 0 Å². The molecular weight excluding hydrogens is 264 g/mol. The number of unbranched alkanes of at least 4 members (excludes halogenated alkanes) is 2. The minimum Gasteiger partial charge on any atom is -0.444 e. The van der Waals surface area contributed by atoms with Crippen LogP contribution in [0.25, 0.3) is 0 Å². The fourth-order valence-corrected chi connectivity index (χ4v) is 2.21. The largest absolute Gasteiger partial charge is 0.444 e. The third-order valence-electron chi connectivity index (χ3n) is 3.31. The summed E-state index contributed by atoms with van der Waals surface area (Å²) < 4.78 is 5.28. The molecule has 2 N–H and O–H groups in total. The van der Waals surface area contributed by atoms with Crippen LogP contribution < -0.4 is 10.6 Å². The van der Waals surface area contributed by atoms with Crippen LogP contribution in [-0.4, -0.2) is 30.3 Å². The van der Waals surface area contributed by atoms with Gasteiger partial charge in [0.25, 0.3) is 0 Å². The van der Waals surface area contributed by atoms with Gasteiger partial charge in [0.15, 0.2) is 0 Å². The maximum absolute atomic E-state index is 11.7. The fraction of sp³-hybridized carbons (Fsp3) is 0.941. The molecule has 1 amide bonds. The Labute approximate surface area is 131 Å². The molecule has 0 bridgehead atoms. The highest BCUT2D eigenvalue weighted by atomic mass is 16.6. The Balaban J connectivity index is 4.19. The number of ether oxygens (including phenoxy) is 1. The lowest BCUT2D eigenvalue weighted by atomic mass is 10.1. The van der Waals surface area contributed by atoms with Crippen LogP contribution in [-0.2, 0) is 4.74 Å². The van der Waals surface area contributed by atoms with Crippen molar-refractivity contribution in [2.75, 3.05) is 6.54 Å². The Morgan fingerprint density at radius 1 is 1.10 bits per heavy atom.